The van der Waals surface area contributed by atoms with E-state index in [-0.39, 0.29) is 46.3 Å². The van der Waals surface area contributed by atoms with E-state index in [1.165, 1.54) is 57.4 Å². The maximum Gasteiger partial charge on any atom is 0.356 e. The van der Waals surface area contributed by atoms with Gasteiger partial charge in [0, 0.05) is 29.8 Å². The molecule has 3 heterocycles. The fourth-order valence-electron chi connectivity index (χ4n) is 4.05. The third-order valence-electron chi connectivity index (χ3n) is 7.27. The number of ether oxygens (including phenoxy) is 1. The van der Waals surface area contributed by atoms with E-state index in [1.54, 1.807) is 7.05 Å². The number of nitrogens with zero attached hydrogens (tertiary/aromatic N) is 6. The molecule has 3 atom stereocenters. The van der Waals surface area contributed by atoms with Crippen LogP contribution in [0, 0.1) is 16.0 Å². The van der Waals surface area contributed by atoms with Gasteiger partial charge in [0.05, 0.1) is 16.9 Å². The van der Waals surface area contributed by atoms with E-state index in [1.807, 2.05) is 6.92 Å². The molecule has 0 spiro atoms. The first-order chi connectivity index (χ1) is 18.2. The molecule has 210 valence electrons. The van der Waals surface area contributed by atoms with Crippen molar-refractivity contribution in [3.8, 4) is 0 Å². The molecule has 1 saturated heterocycles. The molecule has 1 amide bonds. The van der Waals surface area contributed by atoms with Gasteiger partial charge in [0.2, 0.25) is 11.1 Å². The van der Waals surface area contributed by atoms with Crippen molar-refractivity contribution in [1.82, 2.24) is 25.1 Å². The maximum atomic E-state index is 13.4. The average molecular weight is 593 g/mol. The van der Waals surface area contributed by atoms with E-state index in [0.29, 0.717) is 21.4 Å². The molecule has 1 aromatic heterocycles. The highest BCUT2D eigenvalue weighted by atomic mass is 32.2. The first kappa shape index (κ1) is 29.2. The highest BCUT2D eigenvalue weighted by Crippen LogP contribution is 2.52. The van der Waals surface area contributed by atoms with Gasteiger partial charge in [-0.15, -0.1) is 16.9 Å². The Morgan fingerprint density at radius 1 is 1.28 bits per heavy atom. The van der Waals surface area contributed by atoms with Crippen LogP contribution < -0.4 is 0 Å². The summed E-state index contributed by atoms with van der Waals surface area (Å²) in [5.41, 5.74) is 0.768. The molecule has 2 aromatic rings. The molecule has 1 aromatic carbocycles. The predicted molar refractivity (Wildman–Crippen MR) is 149 cm³/mol. The van der Waals surface area contributed by atoms with Crippen LogP contribution in [0.25, 0.3) is 0 Å². The number of carbonyl (C=O) groups excluding carboxylic acids is 2. The minimum atomic E-state index is -2.12. The molecule has 15 heteroatoms. The number of aryl methyl sites for hydroxylation is 1. The summed E-state index contributed by atoms with van der Waals surface area (Å²) in [7, 11) is -0.391. The Hall–Kier alpha value is -2.75. The van der Waals surface area contributed by atoms with Crippen LogP contribution >= 0.6 is 23.5 Å². The van der Waals surface area contributed by atoms with Gasteiger partial charge < -0.3 is 9.16 Å². The second-order valence-electron chi connectivity index (χ2n) is 11.0. The standard InChI is InChI=1S/C24H32N6O6S2Si/c1-14(36-39(6,7)24(2,3)4)18-20(31)29-19(17(38-21(18)29)13-37-23-25-26-27-28(23)5)22(32)35-12-15-8-10-16(11-9-15)30(33)34/h8-11,14,18,21H,12-13H2,1-7H3/t14-,18-,21-/m1/s1. The Balaban J connectivity index is 1.52. The van der Waals surface area contributed by atoms with Crippen LogP contribution in [-0.2, 0) is 32.4 Å². The smallest absolute Gasteiger partial charge is 0.356 e. The van der Waals surface area contributed by atoms with Gasteiger partial charge >= 0.3 is 5.97 Å². The average Bonchev–Trinajstić information content (AvgIpc) is 3.40. The lowest BCUT2D eigenvalue weighted by atomic mass is 9.92. The fourth-order valence-corrected chi connectivity index (χ4v) is 8.03. The van der Waals surface area contributed by atoms with Crippen molar-refractivity contribution >= 4 is 49.4 Å². The van der Waals surface area contributed by atoms with Crippen molar-refractivity contribution in [3.63, 3.8) is 0 Å². The highest BCUT2D eigenvalue weighted by Gasteiger charge is 2.59. The first-order valence-corrected chi connectivity index (χ1v) is 17.1. The van der Waals surface area contributed by atoms with Gasteiger partial charge in [0.25, 0.3) is 5.69 Å². The van der Waals surface area contributed by atoms with Crippen molar-refractivity contribution in [2.45, 2.75) is 69.1 Å². The molecular formula is C24H32N6O6S2Si. The number of tetrazole rings is 1. The number of benzene rings is 1. The summed E-state index contributed by atoms with van der Waals surface area (Å²) in [5.74, 6) is -0.799. The van der Waals surface area contributed by atoms with Crippen LogP contribution in [0.2, 0.25) is 18.1 Å². The molecule has 2 aliphatic heterocycles. The van der Waals surface area contributed by atoms with Gasteiger partial charge in [-0.3, -0.25) is 19.8 Å². The lowest BCUT2D eigenvalue weighted by Gasteiger charge is -2.48. The van der Waals surface area contributed by atoms with Crippen LogP contribution in [0.4, 0.5) is 5.69 Å². The molecule has 1 fully saturated rings. The van der Waals surface area contributed by atoms with Crippen molar-refractivity contribution in [1.29, 1.82) is 0 Å². The number of non-ortho nitro benzene ring substituents is 1. The van der Waals surface area contributed by atoms with E-state index in [9.17, 15) is 19.7 Å². The normalized spacial score (nSPS) is 20.1. The number of thioether (sulfide) groups is 2. The summed E-state index contributed by atoms with van der Waals surface area (Å²) in [6, 6.07) is 5.78. The Bertz CT molecular complexity index is 1310. The number of carbonyl (C=O) groups is 2. The van der Waals surface area contributed by atoms with Crippen LogP contribution in [0.3, 0.4) is 0 Å². The quantitative estimate of drug-likeness (QED) is 0.0982. The lowest BCUT2D eigenvalue weighted by Crippen LogP contribution is -2.62. The number of fused-ring (bicyclic) bond motifs is 1. The number of hydrogen-bond acceptors (Lipinski definition) is 11. The third-order valence-corrected chi connectivity index (χ3v) is 14.4. The Labute approximate surface area is 236 Å². The number of hydrogen-bond donors (Lipinski definition) is 0. The Morgan fingerprint density at radius 3 is 2.51 bits per heavy atom. The molecule has 4 rings (SSSR count). The maximum absolute atomic E-state index is 13.4. The van der Waals surface area contributed by atoms with Crippen molar-refractivity contribution < 1.29 is 23.7 Å². The highest BCUT2D eigenvalue weighted by molar-refractivity contribution is 8.06. The van der Waals surface area contributed by atoms with Gasteiger partial charge in [-0.25, -0.2) is 9.48 Å². The molecule has 12 nitrogen and oxygen atoms in total. The summed E-state index contributed by atoms with van der Waals surface area (Å²) < 4.78 is 13.7. The molecule has 0 N–H and O–H groups in total. The van der Waals surface area contributed by atoms with Crippen molar-refractivity contribution in [2.75, 3.05) is 5.75 Å². The van der Waals surface area contributed by atoms with Gasteiger partial charge in [-0.05, 0) is 53.2 Å². The number of aromatic nitrogens is 4. The molecule has 2 aliphatic rings. The van der Waals surface area contributed by atoms with Gasteiger partial charge in [-0.2, -0.15) is 0 Å². The second-order valence-corrected chi connectivity index (χ2v) is 17.9. The number of nitro groups is 1. The van der Waals surface area contributed by atoms with Gasteiger partial charge in [-0.1, -0.05) is 32.5 Å². The van der Waals surface area contributed by atoms with E-state index >= 15 is 0 Å². The minimum Gasteiger partial charge on any atom is -0.456 e. The fraction of sp³-hybridized carbons (Fsp3) is 0.542. The SMILES string of the molecule is C[C@@H](O[Si](C)(C)C(C)(C)C)[C@@H]1C(=O)N2C(C(=O)OCc3ccc([N+](=O)[O-])cc3)=C(CSc3nnnn3C)S[C@H]12. The summed E-state index contributed by atoms with van der Waals surface area (Å²) >= 11 is 2.83. The molecule has 0 unspecified atom stereocenters. The number of rotatable bonds is 10. The van der Waals surface area contributed by atoms with Crippen LogP contribution in [0.15, 0.2) is 40.0 Å². The molecular weight excluding hydrogens is 561 g/mol. The molecule has 0 radical (unpaired) electrons. The molecule has 0 aliphatic carbocycles. The third kappa shape index (κ3) is 5.90. The number of β-lactam (4-membered cyclic amide) rings is 1. The summed E-state index contributed by atoms with van der Waals surface area (Å²) in [5, 5.41) is 22.7. The van der Waals surface area contributed by atoms with Gasteiger partial charge in [0.15, 0.2) is 8.32 Å². The zero-order valence-electron chi connectivity index (χ0n) is 22.9. The van der Waals surface area contributed by atoms with Crippen molar-refractivity contribution in [2.24, 2.45) is 13.0 Å². The summed E-state index contributed by atoms with van der Waals surface area (Å²) in [6.45, 7) is 12.6. The van der Waals surface area contributed by atoms with E-state index < -0.39 is 19.2 Å². The zero-order chi connectivity index (χ0) is 28.7. The summed E-state index contributed by atoms with van der Waals surface area (Å²) in [4.78, 5) is 39.4. The minimum absolute atomic E-state index is 0.00637. The van der Waals surface area contributed by atoms with Gasteiger partial charge in [0.1, 0.15) is 17.7 Å². The number of esters is 1. The molecule has 0 saturated carbocycles. The molecule has 0 bridgehead atoms. The number of nitro benzene ring substituents is 1. The van der Waals surface area contributed by atoms with Crippen LogP contribution in [0.1, 0.15) is 33.3 Å². The second kappa shape index (κ2) is 11.0. The van der Waals surface area contributed by atoms with Crippen LogP contribution in [-0.4, -0.2) is 67.5 Å². The number of amides is 1. The van der Waals surface area contributed by atoms with Crippen LogP contribution in [0.5, 0.6) is 0 Å². The van der Waals surface area contributed by atoms with E-state index in [4.69, 9.17) is 9.16 Å². The van der Waals surface area contributed by atoms with E-state index in [2.05, 4.69) is 49.4 Å². The largest absolute Gasteiger partial charge is 0.456 e. The zero-order valence-corrected chi connectivity index (χ0v) is 25.5. The first-order valence-electron chi connectivity index (χ1n) is 12.4. The van der Waals surface area contributed by atoms with Crippen molar-refractivity contribution in [3.05, 3.63) is 50.5 Å². The molecule has 39 heavy (non-hydrogen) atoms. The monoisotopic (exact) mass is 592 g/mol. The Morgan fingerprint density at radius 2 is 1.95 bits per heavy atom. The predicted octanol–water partition coefficient (Wildman–Crippen LogP) is 4.11. The summed E-state index contributed by atoms with van der Waals surface area (Å²) in [6.07, 6.45) is -0.306. The topological polar surface area (TPSA) is 143 Å². The van der Waals surface area contributed by atoms with E-state index in [0.717, 1.165) is 0 Å². The lowest BCUT2D eigenvalue weighted by molar-refractivity contribution is -0.384. The Kier molecular flexibility index (Phi) is 8.26.